The standard InChI is InChI=1S/C20H21F3N2O3/c1-12-14(7-9-18(24-12)20(21,22)23)19(26)25-10-4-5-15(25)13-6-8-16(27-2)17(11-13)28-3/h6-9,11,15H,4-5,10H2,1-3H3. The maximum Gasteiger partial charge on any atom is 0.433 e. The van der Waals surface area contributed by atoms with E-state index in [1.165, 1.54) is 20.1 Å². The molecule has 1 aliphatic rings. The molecule has 1 aromatic heterocycles. The highest BCUT2D eigenvalue weighted by molar-refractivity contribution is 5.95. The van der Waals surface area contributed by atoms with Crippen LogP contribution in [0, 0.1) is 6.92 Å². The van der Waals surface area contributed by atoms with Gasteiger partial charge >= 0.3 is 6.18 Å². The summed E-state index contributed by atoms with van der Waals surface area (Å²) in [7, 11) is 3.08. The number of ether oxygens (including phenoxy) is 2. The lowest BCUT2D eigenvalue weighted by Gasteiger charge is -2.26. The number of likely N-dealkylation sites (tertiary alicyclic amines) is 1. The number of amides is 1. The van der Waals surface area contributed by atoms with Gasteiger partial charge in [0.05, 0.1) is 31.5 Å². The fraction of sp³-hybridized carbons (Fsp3) is 0.400. The lowest BCUT2D eigenvalue weighted by molar-refractivity contribution is -0.141. The van der Waals surface area contributed by atoms with Crippen LogP contribution >= 0.6 is 0 Å². The molecule has 28 heavy (non-hydrogen) atoms. The summed E-state index contributed by atoms with van der Waals surface area (Å²) in [5.41, 5.74) is 0.138. The molecule has 1 saturated heterocycles. The molecule has 1 fully saturated rings. The molecule has 3 rings (SSSR count). The van der Waals surface area contributed by atoms with Gasteiger partial charge < -0.3 is 14.4 Å². The van der Waals surface area contributed by atoms with E-state index in [1.807, 2.05) is 12.1 Å². The summed E-state index contributed by atoms with van der Waals surface area (Å²) in [4.78, 5) is 18.3. The van der Waals surface area contributed by atoms with Gasteiger partial charge in [0, 0.05) is 6.54 Å². The van der Waals surface area contributed by atoms with E-state index in [0.29, 0.717) is 18.0 Å². The summed E-state index contributed by atoms with van der Waals surface area (Å²) in [6, 6.07) is 7.34. The van der Waals surface area contributed by atoms with Crippen molar-refractivity contribution in [2.45, 2.75) is 32.0 Å². The normalized spacial score (nSPS) is 16.9. The van der Waals surface area contributed by atoms with Crippen molar-refractivity contribution in [2.75, 3.05) is 20.8 Å². The zero-order valence-corrected chi connectivity index (χ0v) is 15.8. The molecule has 0 aliphatic carbocycles. The van der Waals surface area contributed by atoms with Crippen LogP contribution in [0.2, 0.25) is 0 Å². The van der Waals surface area contributed by atoms with Crippen LogP contribution in [-0.2, 0) is 6.18 Å². The van der Waals surface area contributed by atoms with Crippen LogP contribution in [0.15, 0.2) is 30.3 Å². The smallest absolute Gasteiger partial charge is 0.433 e. The molecule has 1 aliphatic heterocycles. The molecule has 1 aromatic carbocycles. The van der Waals surface area contributed by atoms with Gasteiger partial charge in [-0.25, -0.2) is 4.98 Å². The van der Waals surface area contributed by atoms with Crippen LogP contribution in [0.25, 0.3) is 0 Å². The molecule has 1 amide bonds. The Morgan fingerprint density at radius 3 is 2.46 bits per heavy atom. The van der Waals surface area contributed by atoms with Gasteiger partial charge in [0.25, 0.3) is 5.91 Å². The van der Waals surface area contributed by atoms with Crippen LogP contribution in [-0.4, -0.2) is 36.6 Å². The minimum Gasteiger partial charge on any atom is -0.493 e. The summed E-state index contributed by atoms with van der Waals surface area (Å²) in [6.07, 6.45) is -2.98. The Bertz CT molecular complexity index is 883. The number of alkyl halides is 3. The van der Waals surface area contributed by atoms with E-state index < -0.39 is 11.9 Å². The van der Waals surface area contributed by atoms with Gasteiger partial charge in [-0.05, 0) is 49.6 Å². The average molecular weight is 394 g/mol. The van der Waals surface area contributed by atoms with E-state index in [4.69, 9.17) is 9.47 Å². The molecule has 8 heteroatoms. The highest BCUT2D eigenvalue weighted by Gasteiger charge is 2.35. The predicted molar refractivity (Wildman–Crippen MR) is 96.5 cm³/mol. The lowest BCUT2D eigenvalue weighted by atomic mass is 10.0. The van der Waals surface area contributed by atoms with Crippen LogP contribution in [0.5, 0.6) is 11.5 Å². The molecule has 2 heterocycles. The number of nitrogens with zero attached hydrogens (tertiary/aromatic N) is 2. The summed E-state index contributed by atoms with van der Waals surface area (Å²) in [5.74, 6) is 0.826. The van der Waals surface area contributed by atoms with Crippen molar-refractivity contribution in [1.29, 1.82) is 0 Å². The Balaban J connectivity index is 1.90. The summed E-state index contributed by atoms with van der Waals surface area (Å²) < 4.78 is 49.1. The second-order valence-electron chi connectivity index (χ2n) is 6.60. The fourth-order valence-electron chi connectivity index (χ4n) is 3.52. The molecular formula is C20H21F3N2O3. The number of aryl methyl sites for hydroxylation is 1. The van der Waals surface area contributed by atoms with Crippen molar-refractivity contribution in [3.05, 3.63) is 52.8 Å². The Morgan fingerprint density at radius 1 is 1.14 bits per heavy atom. The monoisotopic (exact) mass is 394 g/mol. The molecule has 1 unspecified atom stereocenters. The molecule has 0 bridgehead atoms. The maximum atomic E-state index is 13.0. The molecule has 5 nitrogen and oxygen atoms in total. The number of hydrogen-bond acceptors (Lipinski definition) is 4. The van der Waals surface area contributed by atoms with Crippen molar-refractivity contribution < 1.29 is 27.4 Å². The van der Waals surface area contributed by atoms with Crippen molar-refractivity contribution in [1.82, 2.24) is 9.88 Å². The molecule has 0 radical (unpaired) electrons. The van der Waals surface area contributed by atoms with Gasteiger partial charge in [0.15, 0.2) is 11.5 Å². The van der Waals surface area contributed by atoms with Gasteiger partial charge in [0.1, 0.15) is 5.69 Å². The molecule has 1 atom stereocenters. The molecule has 150 valence electrons. The molecule has 0 spiro atoms. The van der Waals surface area contributed by atoms with Crippen molar-refractivity contribution in [3.63, 3.8) is 0 Å². The number of aromatic nitrogens is 1. The highest BCUT2D eigenvalue weighted by atomic mass is 19.4. The van der Waals surface area contributed by atoms with Crippen LogP contribution in [0.1, 0.15) is 46.2 Å². The number of carbonyl (C=O) groups is 1. The average Bonchev–Trinajstić information content (AvgIpc) is 3.15. The minimum atomic E-state index is -4.54. The van der Waals surface area contributed by atoms with E-state index in [-0.39, 0.29) is 23.2 Å². The molecule has 2 aromatic rings. The zero-order chi connectivity index (χ0) is 20.5. The van der Waals surface area contributed by atoms with Crippen molar-refractivity contribution in [2.24, 2.45) is 0 Å². The van der Waals surface area contributed by atoms with Gasteiger partial charge in [-0.2, -0.15) is 13.2 Å². The quantitative estimate of drug-likeness (QED) is 0.771. The van der Waals surface area contributed by atoms with E-state index >= 15 is 0 Å². The fourth-order valence-corrected chi connectivity index (χ4v) is 3.52. The third-order valence-corrected chi connectivity index (χ3v) is 4.91. The number of methoxy groups -OCH3 is 2. The second-order valence-corrected chi connectivity index (χ2v) is 6.60. The van der Waals surface area contributed by atoms with Crippen LogP contribution < -0.4 is 9.47 Å². The molecule has 0 saturated carbocycles. The Labute approximate surface area is 161 Å². The first-order valence-corrected chi connectivity index (χ1v) is 8.84. The van der Waals surface area contributed by atoms with Gasteiger partial charge in [0.2, 0.25) is 0 Å². The minimum absolute atomic E-state index is 0.0674. The third kappa shape index (κ3) is 3.76. The number of rotatable bonds is 4. The Hall–Kier alpha value is -2.77. The zero-order valence-electron chi connectivity index (χ0n) is 15.8. The van der Waals surface area contributed by atoms with Crippen LogP contribution in [0.3, 0.4) is 0 Å². The van der Waals surface area contributed by atoms with Gasteiger partial charge in [-0.3, -0.25) is 4.79 Å². The van der Waals surface area contributed by atoms with Gasteiger partial charge in [-0.15, -0.1) is 0 Å². The third-order valence-electron chi connectivity index (χ3n) is 4.91. The first kappa shape index (κ1) is 20.0. The summed E-state index contributed by atoms with van der Waals surface area (Å²) in [5, 5.41) is 0. The number of halogens is 3. The maximum absolute atomic E-state index is 13.0. The Kier molecular flexibility index (Phi) is 5.49. The van der Waals surface area contributed by atoms with E-state index in [2.05, 4.69) is 4.98 Å². The molecule has 0 N–H and O–H groups in total. The van der Waals surface area contributed by atoms with Crippen molar-refractivity contribution >= 4 is 5.91 Å². The molecular weight excluding hydrogens is 373 g/mol. The van der Waals surface area contributed by atoms with Crippen LogP contribution in [0.4, 0.5) is 13.2 Å². The largest absolute Gasteiger partial charge is 0.493 e. The van der Waals surface area contributed by atoms with E-state index in [9.17, 15) is 18.0 Å². The van der Waals surface area contributed by atoms with Crippen molar-refractivity contribution in [3.8, 4) is 11.5 Å². The summed E-state index contributed by atoms with van der Waals surface area (Å²) >= 11 is 0. The van der Waals surface area contributed by atoms with E-state index in [0.717, 1.165) is 24.5 Å². The predicted octanol–water partition coefficient (Wildman–Crippen LogP) is 4.40. The highest BCUT2D eigenvalue weighted by Crippen LogP contribution is 2.38. The van der Waals surface area contributed by atoms with Gasteiger partial charge in [-0.1, -0.05) is 6.07 Å². The first-order valence-electron chi connectivity index (χ1n) is 8.84. The second kappa shape index (κ2) is 7.69. The van der Waals surface area contributed by atoms with E-state index in [1.54, 1.807) is 18.1 Å². The topological polar surface area (TPSA) is 51.7 Å². The number of benzene rings is 1. The Morgan fingerprint density at radius 2 is 1.86 bits per heavy atom. The SMILES string of the molecule is COc1ccc(C2CCCN2C(=O)c2ccc(C(F)(F)F)nc2C)cc1OC. The lowest BCUT2D eigenvalue weighted by Crippen LogP contribution is -2.31. The first-order chi connectivity index (χ1) is 13.3. The number of hydrogen-bond donors (Lipinski definition) is 0. The number of carbonyl (C=O) groups excluding carboxylic acids is 1. The number of pyridine rings is 1. The summed E-state index contributed by atoms with van der Waals surface area (Å²) in [6.45, 7) is 1.95.